The minimum atomic E-state index is -0.257. The Hall–Kier alpha value is -0.550. The van der Waals surface area contributed by atoms with Gasteiger partial charge in [-0.2, -0.15) is 0 Å². The van der Waals surface area contributed by atoms with Crippen LogP contribution in [0.5, 0.6) is 0 Å². The van der Waals surface area contributed by atoms with Gasteiger partial charge < -0.3 is 10.6 Å². The SMILES string of the molecule is CCCCCNC(=O)C(C)Nc1cc(Br)ccc1Br. The van der Waals surface area contributed by atoms with Crippen LogP contribution in [0.3, 0.4) is 0 Å². The molecule has 1 atom stereocenters. The highest BCUT2D eigenvalue weighted by atomic mass is 79.9. The van der Waals surface area contributed by atoms with Crippen molar-refractivity contribution in [2.24, 2.45) is 0 Å². The molecule has 0 radical (unpaired) electrons. The molecule has 0 heterocycles. The first-order valence-electron chi connectivity index (χ1n) is 6.54. The molecule has 1 aromatic rings. The first-order valence-corrected chi connectivity index (χ1v) is 8.12. The van der Waals surface area contributed by atoms with Gasteiger partial charge in [0.05, 0.1) is 5.69 Å². The van der Waals surface area contributed by atoms with Crippen LogP contribution >= 0.6 is 31.9 Å². The van der Waals surface area contributed by atoms with Crippen LogP contribution in [0.25, 0.3) is 0 Å². The second-order valence-electron chi connectivity index (χ2n) is 4.49. The minimum absolute atomic E-state index is 0.0305. The van der Waals surface area contributed by atoms with Gasteiger partial charge in [0.1, 0.15) is 6.04 Å². The van der Waals surface area contributed by atoms with Crippen LogP contribution in [0.1, 0.15) is 33.1 Å². The van der Waals surface area contributed by atoms with Gasteiger partial charge in [-0.3, -0.25) is 4.79 Å². The lowest BCUT2D eigenvalue weighted by Gasteiger charge is -2.16. The fourth-order valence-corrected chi connectivity index (χ4v) is 2.37. The Labute approximate surface area is 131 Å². The lowest BCUT2D eigenvalue weighted by molar-refractivity contribution is -0.121. The molecule has 1 rings (SSSR count). The number of unbranched alkanes of at least 4 members (excludes halogenated alkanes) is 2. The van der Waals surface area contributed by atoms with Crippen LogP contribution in [-0.4, -0.2) is 18.5 Å². The van der Waals surface area contributed by atoms with E-state index in [-0.39, 0.29) is 11.9 Å². The van der Waals surface area contributed by atoms with Gasteiger partial charge >= 0.3 is 0 Å². The number of amides is 1. The topological polar surface area (TPSA) is 41.1 Å². The van der Waals surface area contributed by atoms with Crippen LogP contribution in [-0.2, 0) is 4.79 Å². The Bertz CT molecular complexity index is 424. The van der Waals surface area contributed by atoms with Crippen molar-refractivity contribution in [2.45, 2.75) is 39.2 Å². The molecule has 3 nitrogen and oxygen atoms in total. The normalized spacial score (nSPS) is 12.0. The molecule has 2 N–H and O–H groups in total. The zero-order valence-electron chi connectivity index (χ0n) is 11.3. The maximum absolute atomic E-state index is 11.9. The van der Waals surface area contributed by atoms with Crippen LogP contribution < -0.4 is 10.6 Å². The van der Waals surface area contributed by atoms with Crippen molar-refractivity contribution in [3.63, 3.8) is 0 Å². The summed E-state index contributed by atoms with van der Waals surface area (Å²) in [7, 11) is 0. The maximum atomic E-state index is 11.9. The molecule has 1 unspecified atom stereocenters. The summed E-state index contributed by atoms with van der Waals surface area (Å²) in [6.07, 6.45) is 3.35. The van der Waals surface area contributed by atoms with Gasteiger partial charge in [0.25, 0.3) is 0 Å². The third-order valence-corrected chi connectivity index (χ3v) is 3.96. The Morgan fingerprint density at radius 1 is 1.32 bits per heavy atom. The van der Waals surface area contributed by atoms with Crippen LogP contribution in [0, 0.1) is 0 Å². The molecule has 0 spiro atoms. The van der Waals surface area contributed by atoms with Crippen molar-refractivity contribution in [3.8, 4) is 0 Å². The van der Waals surface area contributed by atoms with Crippen molar-refractivity contribution in [1.82, 2.24) is 5.32 Å². The lowest BCUT2D eigenvalue weighted by Crippen LogP contribution is -2.38. The standard InChI is InChI=1S/C14H20Br2N2O/c1-3-4-5-8-17-14(19)10(2)18-13-9-11(15)6-7-12(13)16/h6-7,9-10,18H,3-5,8H2,1-2H3,(H,17,19). The highest BCUT2D eigenvalue weighted by molar-refractivity contribution is 9.11. The molecule has 19 heavy (non-hydrogen) atoms. The number of halogens is 2. The molecule has 1 aromatic carbocycles. The molecule has 0 saturated heterocycles. The fourth-order valence-electron chi connectivity index (χ4n) is 1.65. The van der Waals surface area contributed by atoms with Crippen molar-refractivity contribution in [3.05, 3.63) is 27.1 Å². The molecule has 1 amide bonds. The Morgan fingerprint density at radius 2 is 2.05 bits per heavy atom. The summed E-state index contributed by atoms with van der Waals surface area (Å²) in [5, 5.41) is 6.15. The van der Waals surface area contributed by atoms with Gasteiger partial charge in [0, 0.05) is 15.5 Å². The van der Waals surface area contributed by atoms with Crippen molar-refractivity contribution >= 4 is 43.5 Å². The number of anilines is 1. The van der Waals surface area contributed by atoms with E-state index in [1.54, 1.807) is 0 Å². The number of carbonyl (C=O) groups is 1. The van der Waals surface area contributed by atoms with Crippen molar-refractivity contribution in [1.29, 1.82) is 0 Å². The second kappa shape index (κ2) is 8.59. The summed E-state index contributed by atoms with van der Waals surface area (Å²) in [4.78, 5) is 11.9. The predicted octanol–water partition coefficient (Wildman–Crippen LogP) is 4.32. The maximum Gasteiger partial charge on any atom is 0.242 e. The first-order chi connectivity index (χ1) is 9.04. The van der Waals surface area contributed by atoms with E-state index in [4.69, 9.17) is 0 Å². The highest BCUT2D eigenvalue weighted by Crippen LogP contribution is 2.26. The largest absolute Gasteiger partial charge is 0.373 e. The number of carbonyl (C=O) groups excluding carboxylic acids is 1. The van der Waals surface area contributed by atoms with E-state index in [1.807, 2.05) is 25.1 Å². The van der Waals surface area contributed by atoms with Crippen LogP contribution in [0.15, 0.2) is 27.1 Å². The Morgan fingerprint density at radius 3 is 2.74 bits per heavy atom. The molecule has 106 valence electrons. The van der Waals surface area contributed by atoms with Gasteiger partial charge in [0.15, 0.2) is 0 Å². The molecule has 0 aromatic heterocycles. The zero-order chi connectivity index (χ0) is 14.3. The van der Waals surface area contributed by atoms with E-state index < -0.39 is 0 Å². The fraction of sp³-hybridized carbons (Fsp3) is 0.500. The molecule has 0 aliphatic heterocycles. The third kappa shape index (κ3) is 5.95. The summed E-state index contributed by atoms with van der Waals surface area (Å²) < 4.78 is 1.93. The number of nitrogens with one attached hydrogen (secondary N) is 2. The minimum Gasteiger partial charge on any atom is -0.373 e. The average molecular weight is 392 g/mol. The number of hydrogen-bond donors (Lipinski definition) is 2. The summed E-state index contributed by atoms with van der Waals surface area (Å²) >= 11 is 6.89. The van der Waals surface area contributed by atoms with Gasteiger partial charge in [-0.15, -0.1) is 0 Å². The molecular weight excluding hydrogens is 372 g/mol. The smallest absolute Gasteiger partial charge is 0.242 e. The van der Waals surface area contributed by atoms with E-state index in [0.717, 1.165) is 40.4 Å². The molecule has 0 bridgehead atoms. The second-order valence-corrected chi connectivity index (χ2v) is 6.26. The molecule has 0 fully saturated rings. The molecule has 5 heteroatoms. The van der Waals surface area contributed by atoms with E-state index in [2.05, 4.69) is 49.4 Å². The van der Waals surface area contributed by atoms with Crippen molar-refractivity contribution < 1.29 is 4.79 Å². The predicted molar refractivity (Wildman–Crippen MR) is 87.5 cm³/mol. The summed E-state index contributed by atoms with van der Waals surface area (Å²) in [6, 6.07) is 5.58. The van der Waals surface area contributed by atoms with E-state index in [1.165, 1.54) is 0 Å². The van der Waals surface area contributed by atoms with Crippen LogP contribution in [0.2, 0.25) is 0 Å². The van der Waals surface area contributed by atoms with Gasteiger partial charge in [-0.25, -0.2) is 0 Å². The number of benzene rings is 1. The summed E-state index contributed by atoms with van der Waals surface area (Å²) in [5.74, 6) is 0.0305. The molecular formula is C14H20Br2N2O. The summed E-state index contributed by atoms with van der Waals surface area (Å²) in [6.45, 7) is 4.76. The number of hydrogen-bond acceptors (Lipinski definition) is 2. The third-order valence-electron chi connectivity index (χ3n) is 2.77. The Kier molecular flexibility index (Phi) is 7.46. The zero-order valence-corrected chi connectivity index (χ0v) is 14.5. The highest BCUT2D eigenvalue weighted by Gasteiger charge is 2.13. The van der Waals surface area contributed by atoms with Gasteiger partial charge in [0.2, 0.25) is 5.91 Å². The van der Waals surface area contributed by atoms with Gasteiger partial charge in [-0.1, -0.05) is 35.7 Å². The van der Waals surface area contributed by atoms with E-state index >= 15 is 0 Å². The molecule has 0 aliphatic rings. The quantitative estimate of drug-likeness (QED) is 0.679. The average Bonchev–Trinajstić information content (AvgIpc) is 2.38. The van der Waals surface area contributed by atoms with Gasteiger partial charge in [-0.05, 0) is 47.5 Å². The monoisotopic (exact) mass is 390 g/mol. The van der Waals surface area contributed by atoms with Crippen LogP contribution in [0.4, 0.5) is 5.69 Å². The number of rotatable bonds is 7. The Balaban J connectivity index is 2.47. The molecule has 0 aliphatic carbocycles. The van der Waals surface area contributed by atoms with E-state index in [0.29, 0.717) is 0 Å². The lowest BCUT2D eigenvalue weighted by atomic mass is 10.2. The van der Waals surface area contributed by atoms with Crippen molar-refractivity contribution in [2.75, 3.05) is 11.9 Å². The van der Waals surface area contributed by atoms with E-state index in [9.17, 15) is 4.79 Å². The molecule has 0 saturated carbocycles. The first kappa shape index (κ1) is 16.5. The summed E-state index contributed by atoms with van der Waals surface area (Å²) in [5.41, 5.74) is 0.908.